The van der Waals surface area contributed by atoms with Gasteiger partial charge in [-0.05, 0) is 37.6 Å². The van der Waals surface area contributed by atoms with E-state index in [1.54, 1.807) is 0 Å². The van der Waals surface area contributed by atoms with Crippen molar-refractivity contribution in [2.24, 2.45) is 0 Å². The second kappa shape index (κ2) is 7.79. The molecule has 1 aromatic rings. The number of benzene rings is 1. The number of hydrogen-bond donors (Lipinski definition) is 1. The Morgan fingerprint density at radius 1 is 1.57 bits per heavy atom. The molecule has 0 aromatic heterocycles. The lowest BCUT2D eigenvalue weighted by Gasteiger charge is -2.34. The summed E-state index contributed by atoms with van der Waals surface area (Å²) in [7, 11) is 0. The minimum atomic E-state index is -0.343. The number of halogens is 1. The van der Waals surface area contributed by atoms with Crippen LogP contribution in [0.4, 0.5) is 5.69 Å². The molecule has 2 unspecified atom stereocenters. The van der Waals surface area contributed by atoms with Crippen LogP contribution in [0.5, 0.6) is 0 Å². The minimum absolute atomic E-state index is 0.288. The summed E-state index contributed by atoms with van der Waals surface area (Å²) in [6.07, 6.45) is 0.772. The Hall–Kier alpha value is -1.09. The van der Waals surface area contributed by atoms with E-state index >= 15 is 0 Å². The summed E-state index contributed by atoms with van der Waals surface area (Å²) in [5, 5.41) is 12.6. The van der Waals surface area contributed by atoms with E-state index in [1.165, 1.54) is 11.3 Å². The number of hydrogen-bond acceptors (Lipinski definition) is 4. The third kappa shape index (κ3) is 4.19. The first-order chi connectivity index (χ1) is 10.2. The summed E-state index contributed by atoms with van der Waals surface area (Å²) in [5.41, 5.74) is 2.45. The molecule has 21 heavy (non-hydrogen) atoms. The molecule has 1 fully saturated rings. The highest BCUT2D eigenvalue weighted by atomic mass is 79.9. The quantitative estimate of drug-likeness (QED) is 0.884. The Balaban J connectivity index is 2.24. The summed E-state index contributed by atoms with van der Waals surface area (Å²) < 4.78 is 6.50. The molecular weight excluding hydrogens is 330 g/mol. The third-order valence-electron chi connectivity index (χ3n) is 3.71. The predicted molar refractivity (Wildman–Crippen MR) is 88.4 cm³/mol. The lowest BCUT2D eigenvalue weighted by Crippen LogP contribution is -2.42. The highest BCUT2D eigenvalue weighted by Gasteiger charge is 2.23. The number of nitriles is 1. The molecule has 0 aliphatic carbocycles. The Kier molecular flexibility index (Phi) is 6.04. The van der Waals surface area contributed by atoms with Gasteiger partial charge in [-0.2, -0.15) is 5.26 Å². The smallest absolute Gasteiger partial charge is 0.161 e. The third-order valence-corrected chi connectivity index (χ3v) is 4.20. The molecule has 114 valence electrons. The van der Waals surface area contributed by atoms with E-state index in [2.05, 4.69) is 64.3 Å². The first-order valence-electron chi connectivity index (χ1n) is 7.44. The molecule has 1 heterocycles. The van der Waals surface area contributed by atoms with Crippen LogP contribution < -0.4 is 10.2 Å². The first-order valence-corrected chi connectivity index (χ1v) is 8.24. The fraction of sp³-hybridized carbons (Fsp3) is 0.562. The maximum atomic E-state index is 9.08. The van der Waals surface area contributed by atoms with Crippen molar-refractivity contribution >= 4 is 21.6 Å². The average Bonchev–Trinajstić information content (AvgIpc) is 2.52. The van der Waals surface area contributed by atoms with Crippen molar-refractivity contribution in [3.8, 4) is 6.07 Å². The standard InChI is InChI=1S/C16H22BrN3O/c1-3-6-19-12(2)15-5-4-13(17)9-16(15)20-7-8-21-14(10-18)11-20/h4-5,9,12,14,19H,3,6-8,11H2,1-2H3. The van der Waals surface area contributed by atoms with Crippen molar-refractivity contribution in [3.63, 3.8) is 0 Å². The van der Waals surface area contributed by atoms with Crippen molar-refractivity contribution in [3.05, 3.63) is 28.2 Å². The van der Waals surface area contributed by atoms with Crippen LogP contribution in [-0.2, 0) is 4.74 Å². The van der Waals surface area contributed by atoms with Gasteiger partial charge in [0.2, 0.25) is 0 Å². The lowest BCUT2D eigenvalue weighted by molar-refractivity contribution is 0.0763. The lowest BCUT2D eigenvalue weighted by atomic mass is 10.0. The van der Waals surface area contributed by atoms with E-state index in [0.29, 0.717) is 13.2 Å². The van der Waals surface area contributed by atoms with Gasteiger partial charge in [-0.15, -0.1) is 0 Å². The van der Waals surface area contributed by atoms with E-state index in [0.717, 1.165) is 24.0 Å². The number of nitrogens with one attached hydrogen (secondary N) is 1. The number of morpholine rings is 1. The van der Waals surface area contributed by atoms with E-state index in [4.69, 9.17) is 10.00 Å². The molecule has 0 saturated carbocycles. The molecule has 5 heteroatoms. The van der Waals surface area contributed by atoms with E-state index in [1.807, 2.05) is 0 Å². The van der Waals surface area contributed by atoms with Crippen molar-refractivity contribution in [1.29, 1.82) is 5.26 Å². The molecule has 0 radical (unpaired) electrons. The van der Waals surface area contributed by atoms with Gasteiger partial charge in [0.05, 0.1) is 19.2 Å². The van der Waals surface area contributed by atoms with E-state index in [9.17, 15) is 0 Å². The highest BCUT2D eigenvalue weighted by molar-refractivity contribution is 9.10. The fourth-order valence-corrected chi connectivity index (χ4v) is 2.92. The van der Waals surface area contributed by atoms with Crippen LogP contribution in [0.2, 0.25) is 0 Å². The molecule has 1 N–H and O–H groups in total. The Morgan fingerprint density at radius 3 is 3.10 bits per heavy atom. The number of nitrogens with zero attached hydrogens (tertiary/aromatic N) is 2. The number of ether oxygens (including phenoxy) is 1. The van der Waals surface area contributed by atoms with Crippen LogP contribution in [0.25, 0.3) is 0 Å². The fourth-order valence-electron chi connectivity index (χ4n) is 2.57. The van der Waals surface area contributed by atoms with Gasteiger partial charge in [-0.25, -0.2) is 0 Å². The van der Waals surface area contributed by atoms with Gasteiger partial charge in [0.25, 0.3) is 0 Å². The largest absolute Gasteiger partial charge is 0.365 e. The van der Waals surface area contributed by atoms with Gasteiger partial charge < -0.3 is 15.0 Å². The van der Waals surface area contributed by atoms with Crippen LogP contribution in [0, 0.1) is 11.3 Å². The Morgan fingerprint density at radius 2 is 2.38 bits per heavy atom. The van der Waals surface area contributed by atoms with Gasteiger partial charge in [0.15, 0.2) is 6.10 Å². The number of anilines is 1. The maximum absolute atomic E-state index is 9.08. The van der Waals surface area contributed by atoms with Crippen LogP contribution in [0.15, 0.2) is 22.7 Å². The van der Waals surface area contributed by atoms with Gasteiger partial charge in [-0.1, -0.05) is 28.9 Å². The second-order valence-electron chi connectivity index (χ2n) is 5.31. The van der Waals surface area contributed by atoms with Crippen LogP contribution in [-0.4, -0.2) is 32.3 Å². The van der Waals surface area contributed by atoms with Gasteiger partial charge in [-0.3, -0.25) is 0 Å². The molecule has 0 amide bonds. The summed E-state index contributed by atoms with van der Waals surface area (Å²) in [4.78, 5) is 2.25. The molecule has 2 atom stereocenters. The molecule has 0 spiro atoms. The number of rotatable bonds is 5. The van der Waals surface area contributed by atoms with E-state index in [-0.39, 0.29) is 12.1 Å². The molecule has 1 aromatic carbocycles. The zero-order chi connectivity index (χ0) is 15.2. The van der Waals surface area contributed by atoms with Crippen LogP contribution in [0.1, 0.15) is 31.9 Å². The molecule has 4 nitrogen and oxygen atoms in total. The topological polar surface area (TPSA) is 48.3 Å². The summed E-state index contributed by atoms with van der Waals surface area (Å²) in [5.74, 6) is 0. The molecular formula is C16H22BrN3O. The zero-order valence-electron chi connectivity index (χ0n) is 12.6. The van der Waals surface area contributed by atoms with E-state index < -0.39 is 0 Å². The highest BCUT2D eigenvalue weighted by Crippen LogP contribution is 2.31. The van der Waals surface area contributed by atoms with Crippen molar-refractivity contribution in [2.75, 3.05) is 31.1 Å². The molecule has 0 bridgehead atoms. The Labute approximate surface area is 135 Å². The summed E-state index contributed by atoms with van der Waals surface area (Å²) in [6.45, 7) is 7.40. The maximum Gasteiger partial charge on any atom is 0.161 e. The predicted octanol–water partition coefficient (Wildman–Crippen LogP) is 3.24. The first kappa shape index (κ1) is 16.3. The van der Waals surface area contributed by atoms with Crippen LogP contribution >= 0.6 is 15.9 Å². The SMILES string of the molecule is CCCNC(C)c1ccc(Br)cc1N1CCOC(C#N)C1. The van der Waals surface area contributed by atoms with Crippen LogP contribution in [0.3, 0.4) is 0 Å². The van der Waals surface area contributed by atoms with Crippen molar-refractivity contribution < 1.29 is 4.74 Å². The second-order valence-corrected chi connectivity index (χ2v) is 6.23. The van der Waals surface area contributed by atoms with Gasteiger partial charge in [0.1, 0.15) is 0 Å². The van der Waals surface area contributed by atoms with Crippen molar-refractivity contribution in [1.82, 2.24) is 5.32 Å². The summed E-state index contributed by atoms with van der Waals surface area (Å²) in [6, 6.07) is 8.87. The van der Waals surface area contributed by atoms with Gasteiger partial charge in [0, 0.05) is 22.7 Å². The Bertz CT molecular complexity index is 515. The van der Waals surface area contributed by atoms with Crippen molar-refractivity contribution in [2.45, 2.75) is 32.4 Å². The normalized spacial score (nSPS) is 20.1. The molecule has 1 aliphatic heterocycles. The summed E-state index contributed by atoms with van der Waals surface area (Å²) >= 11 is 3.55. The molecule has 1 aliphatic rings. The van der Waals surface area contributed by atoms with Gasteiger partial charge >= 0.3 is 0 Å². The molecule has 2 rings (SSSR count). The molecule has 1 saturated heterocycles. The zero-order valence-corrected chi connectivity index (χ0v) is 14.2. The minimum Gasteiger partial charge on any atom is -0.365 e. The monoisotopic (exact) mass is 351 g/mol. The average molecular weight is 352 g/mol.